The van der Waals surface area contributed by atoms with E-state index < -0.39 is 24.3 Å². The molecule has 0 aliphatic carbocycles. The van der Waals surface area contributed by atoms with E-state index in [2.05, 4.69) is 38.2 Å². The van der Waals surface area contributed by atoms with Crippen LogP contribution in [0.25, 0.3) is 22.2 Å². The van der Waals surface area contributed by atoms with Gasteiger partial charge in [-0.3, -0.25) is 14.5 Å². The number of carbonyl (C=O) groups is 4. The topological polar surface area (TPSA) is 177 Å². The summed E-state index contributed by atoms with van der Waals surface area (Å²) in [4.78, 5) is 71.4. The Hall–Kier alpha value is -5.84. The van der Waals surface area contributed by atoms with Crippen molar-refractivity contribution in [2.45, 2.75) is 77.5 Å². The van der Waals surface area contributed by atoms with E-state index in [1.54, 1.807) is 16.0 Å². The number of methoxy groups -OCH3 is 1. The molecule has 2 aromatic heterocycles. The summed E-state index contributed by atoms with van der Waals surface area (Å²) in [6, 6.07) is 12.0. The van der Waals surface area contributed by atoms with Crippen molar-refractivity contribution >= 4 is 35.0 Å². The van der Waals surface area contributed by atoms with E-state index in [0.29, 0.717) is 24.6 Å². The zero-order chi connectivity index (χ0) is 38.7. The van der Waals surface area contributed by atoms with Crippen molar-refractivity contribution in [1.29, 1.82) is 0 Å². The highest BCUT2D eigenvalue weighted by molar-refractivity contribution is 5.87. The average Bonchev–Trinajstić information content (AvgIpc) is 3.98. The van der Waals surface area contributed by atoms with Crippen molar-refractivity contribution < 1.29 is 29.0 Å². The van der Waals surface area contributed by atoms with E-state index in [4.69, 9.17) is 9.72 Å². The first-order valence-corrected chi connectivity index (χ1v) is 18.4. The number of likely N-dealkylation sites (N-methyl/N-ethyl adjacent to an activating group) is 1. The van der Waals surface area contributed by atoms with E-state index in [0.717, 1.165) is 64.1 Å². The number of rotatable bonds is 9. The number of alkyl carbamates (subject to hydrolysis) is 1. The molecule has 0 saturated carbocycles. The SMILES string of the molecule is COC(=O)N[C@H](C(=O)N1CCC[C@H]1c1nc2ccc(-c3ccc(C#Cc4cnc([C@@H]5CCCN5C(=O)[C@H](C(C)C)N(C)C(=O)O)[nH]4)cc3)cc2[nH]1)C(C)C. The maximum atomic E-state index is 13.6. The molecular weight excluding hydrogens is 688 g/mol. The van der Waals surface area contributed by atoms with Crippen molar-refractivity contribution in [1.82, 2.24) is 40.0 Å². The third-order valence-corrected chi connectivity index (χ3v) is 10.4. The molecule has 0 unspecified atom stereocenters. The van der Waals surface area contributed by atoms with Crippen molar-refractivity contribution in [2.24, 2.45) is 11.8 Å². The van der Waals surface area contributed by atoms with Gasteiger partial charge < -0.3 is 34.9 Å². The number of imidazole rings is 2. The number of aromatic nitrogens is 4. The molecule has 0 spiro atoms. The van der Waals surface area contributed by atoms with Gasteiger partial charge in [-0.1, -0.05) is 51.8 Å². The van der Waals surface area contributed by atoms with Gasteiger partial charge in [-0.2, -0.15) is 0 Å². The maximum absolute atomic E-state index is 13.6. The number of amides is 4. The van der Waals surface area contributed by atoms with E-state index in [1.807, 2.05) is 64.1 Å². The molecule has 4 amide bonds. The first-order valence-electron chi connectivity index (χ1n) is 18.4. The Balaban J connectivity index is 1.13. The molecule has 4 heterocycles. The number of aromatic amines is 2. The van der Waals surface area contributed by atoms with E-state index in [1.165, 1.54) is 14.2 Å². The predicted molar refractivity (Wildman–Crippen MR) is 202 cm³/mol. The molecule has 2 aliphatic heterocycles. The summed E-state index contributed by atoms with van der Waals surface area (Å²) in [5.74, 6) is 7.04. The van der Waals surface area contributed by atoms with Crippen molar-refractivity contribution in [3.8, 4) is 23.0 Å². The molecule has 284 valence electrons. The highest BCUT2D eigenvalue weighted by atomic mass is 16.5. The first-order chi connectivity index (χ1) is 25.9. The van der Waals surface area contributed by atoms with Gasteiger partial charge in [0.25, 0.3) is 0 Å². The van der Waals surface area contributed by atoms with Crippen LogP contribution >= 0.6 is 0 Å². The highest BCUT2D eigenvalue weighted by Crippen LogP contribution is 2.34. The zero-order valence-electron chi connectivity index (χ0n) is 31.6. The summed E-state index contributed by atoms with van der Waals surface area (Å²) in [6.45, 7) is 8.62. The summed E-state index contributed by atoms with van der Waals surface area (Å²) < 4.78 is 4.75. The lowest BCUT2D eigenvalue weighted by Crippen LogP contribution is -2.51. The normalized spacial score (nSPS) is 18.1. The van der Waals surface area contributed by atoms with Gasteiger partial charge in [0.05, 0.1) is 36.4 Å². The molecule has 2 aromatic carbocycles. The highest BCUT2D eigenvalue weighted by Gasteiger charge is 2.40. The van der Waals surface area contributed by atoms with Crippen LogP contribution in [0.4, 0.5) is 9.59 Å². The van der Waals surface area contributed by atoms with Crippen LogP contribution in [0, 0.1) is 23.7 Å². The molecule has 2 aliphatic rings. The Morgan fingerprint density at radius 3 is 2.17 bits per heavy atom. The largest absolute Gasteiger partial charge is 0.465 e. The number of nitrogens with one attached hydrogen (secondary N) is 3. The number of carboxylic acid groups (broad SMARTS) is 1. The summed E-state index contributed by atoms with van der Waals surface area (Å²) >= 11 is 0. The van der Waals surface area contributed by atoms with Gasteiger partial charge in [0.1, 0.15) is 29.4 Å². The van der Waals surface area contributed by atoms with Crippen molar-refractivity contribution in [3.05, 3.63) is 71.6 Å². The Bertz CT molecular complexity index is 2080. The van der Waals surface area contributed by atoms with Gasteiger partial charge in [-0.25, -0.2) is 19.6 Å². The minimum atomic E-state index is -1.13. The lowest BCUT2D eigenvalue weighted by molar-refractivity contribution is -0.138. The lowest BCUT2D eigenvalue weighted by Gasteiger charge is -2.33. The van der Waals surface area contributed by atoms with Crippen molar-refractivity contribution in [3.63, 3.8) is 0 Å². The molecule has 6 rings (SSSR count). The summed E-state index contributed by atoms with van der Waals surface area (Å²) in [5.41, 5.74) is 5.13. The van der Waals surface area contributed by atoms with Crippen LogP contribution in [0.1, 0.15) is 88.4 Å². The van der Waals surface area contributed by atoms with Crippen molar-refractivity contribution in [2.75, 3.05) is 27.2 Å². The fraction of sp³-hybridized carbons (Fsp3) is 0.450. The summed E-state index contributed by atoms with van der Waals surface area (Å²) in [5, 5.41) is 12.2. The second kappa shape index (κ2) is 16.0. The smallest absolute Gasteiger partial charge is 0.407 e. The number of nitrogens with zero attached hydrogens (tertiary/aromatic N) is 5. The van der Waals surface area contributed by atoms with Gasteiger partial charge in [-0.15, -0.1) is 0 Å². The van der Waals surface area contributed by atoms with Crippen LogP contribution in [0.5, 0.6) is 0 Å². The minimum absolute atomic E-state index is 0.113. The Kier molecular flexibility index (Phi) is 11.3. The number of ether oxygens (including phenoxy) is 1. The predicted octanol–water partition coefficient (Wildman–Crippen LogP) is 5.69. The summed E-state index contributed by atoms with van der Waals surface area (Å²) in [6.07, 6.45) is 3.04. The number of H-pyrrole nitrogens is 2. The van der Waals surface area contributed by atoms with Gasteiger partial charge in [0.2, 0.25) is 11.8 Å². The third kappa shape index (κ3) is 7.90. The maximum Gasteiger partial charge on any atom is 0.407 e. The Morgan fingerprint density at radius 2 is 1.54 bits per heavy atom. The number of carbonyl (C=O) groups excluding carboxylic acids is 3. The molecule has 14 nitrogen and oxygen atoms in total. The number of hydrogen-bond donors (Lipinski definition) is 4. The minimum Gasteiger partial charge on any atom is -0.465 e. The fourth-order valence-corrected chi connectivity index (χ4v) is 7.52. The van der Waals surface area contributed by atoms with E-state index in [-0.39, 0.29) is 35.7 Å². The lowest BCUT2D eigenvalue weighted by atomic mass is 10.0. The molecule has 2 saturated heterocycles. The number of benzene rings is 2. The molecule has 4 atom stereocenters. The van der Waals surface area contributed by atoms with Crippen LogP contribution in [-0.2, 0) is 14.3 Å². The fourth-order valence-electron chi connectivity index (χ4n) is 7.52. The Morgan fingerprint density at radius 1 is 0.889 bits per heavy atom. The molecule has 2 fully saturated rings. The van der Waals surface area contributed by atoms with Crippen LogP contribution < -0.4 is 5.32 Å². The standard InChI is InChI=1S/C40H48N8O6/c1-23(2)33(45-39(51)54-6)37(49)47-19-8-10-32(47)36-43-29-18-16-27(21-30(29)44-36)26-14-11-25(12-15-26)13-17-28-22-41-35(42-28)31-9-7-20-48(31)38(50)34(24(3)4)46(5)40(52)53/h11-12,14-16,18,21-24,31-34H,7-10,19-20H2,1-6H3,(H,41,42)(H,43,44)(H,45,51)(H,52,53)/t31-,32-,33-,34-/m0/s1. The third-order valence-electron chi connectivity index (χ3n) is 10.4. The zero-order valence-corrected chi connectivity index (χ0v) is 31.6. The quantitative estimate of drug-likeness (QED) is 0.158. The van der Waals surface area contributed by atoms with Crippen LogP contribution in [0.2, 0.25) is 0 Å². The number of hydrogen-bond acceptors (Lipinski definition) is 7. The molecule has 4 aromatic rings. The second-order valence-electron chi connectivity index (χ2n) is 14.7. The molecule has 0 radical (unpaired) electrons. The van der Waals surface area contributed by atoms with Crippen LogP contribution in [0.3, 0.4) is 0 Å². The monoisotopic (exact) mass is 736 g/mol. The number of fused-ring (bicyclic) bond motifs is 1. The number of likely N-dealkylation sites (tertiary alicyclic amines) is 2. The average molecular weight is 737 g/mol. The van der Waals surface area contributed by atoms with Gasteiger partial charge in [0, 0.05) is 25.7 Å². The second-order valence-corrected chi connectivity index (χ2v) is 14.7. The van der Waals surface area contributed by atoms with Crippen LogP contribution in [0.15, 0.2) is 48.7 Å². The molecule has 0 bridgehead atoms. The van der Waals surface area contributed by atoms with E-state index in [9.17, 15) is 24.3 Å². The van der Waals surface area contributed by atoms with Gasteiger partial charge >= 0.3 is 12.2 Å². The molecule has 14 heteroatoms. The molecular formula is C40H48N8O6. The molecule has 54 heavy (non-hydrogen) atoms. The first kappa shape index (κ1) is 37.9. The van der Waals surface area contributed by atoms with Gasteiger partial charge in [0.15, 0.2) is 0 Å². The Labute approximate surface area is 314 Å². The van der Waals surface area contributed by atoms with Crippen LogP contribution in [-0.4, -0.2) is 103 Å². The van der Waals surface area contributed by atoms with E-state index >= 15 is 0 Å². The van der Waals surface area contributed by atoms with Gasteiger partial charge in [-0.05, 0) is 78.8 Å². The summed E-state index contributed by atoms with van der Waals surface area (Å²) in [7, 11) is 2.72. The molecule has 4 N–H and O–H groups in total.